The normalized spacial score (nSPS) is 11.3. The number of benzene rings is 1. The summed E-state index contributed by atoms with van der Waals surface area (Å²) in [5, 5.41) is 0. The Morgan fingerprint density at radius 2 is 1.80 bits per heavy atom. The first-order chi connectivity index (χ1) is 7.00. The maximum Gasteiger partial charge on any atom is 0.187 e. The van der Waals surface area contributed by atoms with Crippen LogP contribution in [0.2, 0.25) is 0 Å². The van der Waals surface area contributed by atoms with Gasteiger partial charge in [0.1, 0.15) is 0 Å². The summed E-state index contributed by atoms with van der Waals surface area (Å²) < 4.78 is 0.979. The van der Waals surface area contributed by atoms with E-state index in [-0.39, 0.29) is 5.78 Å². The van der Waals surface area contributed by atoms with Gasteiger partial charge in [-0.25, -0.2) is 0 Å². The highest BCUT2D eigenvalue weighted by molar-refractivity contribution is 9.10. The molecule has 0 unspecified atom stereocenters. The Morgan fingerprint density at radius 3 is 2.27 bits per heavy atom. The number of rotatable bonds is 3. The maximum atomic E-state index is 11.8. The summed E-state index contributed by atoms with van der Waals surface area (Å²) in [6.45, 7) is 1.91. The van der Waals surface area contributed by atoms with Gasteiger partial charge < -0.3 is 4.90 Å². The van der Waals surface area contributed by atoms with Crippen LogP contribution in [0.4, 0.5) is 0 Å². The van der Waals surface area contributed by atoms with Crippen LogP contribution in [0.5, 0.6) is 0 Å². The minimum Gasteiger partial charge on any atom is -0.381 e. The molecule has 0 radical (unpaired) electrons. The smallest absolute Gasteiger partial charge is 0.187 e. The fraction of sp³-hybridized carbons (Fsp3) is 0.250. The lowest BCUT2D eigenvalue weighted by Crippen LogP contribution is -2.10. The van der Waals surface area contributed by atoms with Crippen molar-refractivity contribution in [2.45, 2.75) is 6.92 Å². The zero-order valence-electron chi connectivity index (χ0n) is 9.12. The number of ketones is 1. The van der Waals surface area contributed by atoms with Crippen molar-refractivity contribution in [2.75, 3.05) is 14.1 Å². The van der Waals surface area contributed by atoms with Crippen LogP contribution in [0.15, 0.2) is 40.5 Å². The minimum absolute atomic E-state index is 0.0358. The lowest BCUT2D eigenvalue weighted by molar-refractivity contribution is 0.104. The average Bonchev–Trinajstić information content (AvgIpc) is 2.18. The summed E-state index contributed by atoms with van der Waals surface area (Å²) in [5.41, 5.74) is 1.65. The van der Waals surface area contributed by atoms with E-state index in [1.54, 1.807) is 6.08 Å². The van der Waals surface area contributed by atoms with Gasteiger partial charge >= 0.3 is 0 Å². The van der Waals surface area contributed by atoms with Gasteiger partial charge in [-0.3, -0.25) is 4.79 Å². The Kier molecular flexibility index (Phi) is 4.09. The van der Waals surface area contributed by atoms with E-state index in [9.17, 15) is 4.79 Å². The van der Waals surface area contributed by atoms with Gasteiger partial charge in [-0.15, -0.1) is 0 Å². The van der Waals surface area contributed by atoms with Crippen LogP contribution in [0.1, 0.15) is 17.3 Å². The molecule has 15 heavy (non-hydrogen) atoms. The predicted molar refractivity (Wildman–Crippen MR) is 65.9 cm³/mol. The number of nitrogens with zero attached hydrogens (tertiary/aromatic N) is 1. The zero-order chi connectivity index (χ0) is 11.4. The number of hydrogen-bond donors (Lipinski definition) is 0. The van der Waals surface area contributed by atoms with Crippen molar-refractivity contribution < 1.29 is 4.79 Å². The van der Waals surface area contributed by atoms with Crippen molar-refractivity contribution in [2.24, 2.45) is 0 Å². The number of carbonyl (C=O) groups excluding carboxylic acids is 1. The summed E-state index contributed by atoms with van der Waals surface area (Å²) in [7, 11) is 3.83. The Balaban J connectivity index is 2.86. The molecular weight excluding hydrogens is 254 g/mol. The largest absolute Gasteiger partial charge is 0.381 e. The zero-order valence-corrected chi connectivity index (χ0v) is 10.7. The van der Waals surface area contributed by atoms with Gasteiger partial charge in [0.05, 0.1) is 0 Å². The van der Waals surface area contributed by atoms with Crippen LogP contribution in [-0.2, 0) is 0 Å². The molecule has 0 amide bonds. The van der Waals surface area contributed by atoms with Crippen LogP contribution in [0, 0.1) is 0 Å². The van der Waals surface area contributed by atoms with E-state index >= 15 is 0 Å². The number of halogens is 1. The van der Waals surface area contributed by atoms with E-state index in [1.165, 1.54) is 0 Å². The molecule has 0 aliphatic heterocycles. The van der Waals surface area contributed by atoms with E-state index in [2.05, 4.69) is 15.9 Å². The van der Waals surface area contributed by atoms with Crippen LogP contribution >= 0.6 is 15.9 Å². The topological polar surface area (TPSA) is 20.3 Å². The summed E-state index contributed by atoms with van der Waals surface area (Å²) in [6.07, 6.45) is 1.64. The molecule has 0 spiro atoms. The second-order valence-electron chi connectivity index (χ2n) is 3.55. The molecule has 3 heteroatoms. The van der Waals surface area contributed by atoms with Crippen molar-refractivity contribution >= 4 is 21.7 Å². The first-order valence-electron chi connectivity index (χ1n) is 4.66. The molecule has 0 saturated heterocycles. The highest BCUT2D eigenvalue weighted by Crippen LogP contribution is 2.12. The summed E-state index contributed by atoms with van der Waals surface area (Å²) in [5.74, 6) is 0.0358. The van der Waals surface area contributed by atoms with Gasteiger partial charge in [0.2, 0.25) is 0 Å². The van der Waals surface area contributed by atoms with Gasteiger partial charge in [-0.1, -0.05) is 15.9 Å². The molecule has 80 valence electrons. The molecule has 0 saturated carbocycles. The van der Waals surface area contributed by atoms with Crippen LogP contribution in [0.3, 0.4) is 0 Å². The van der Waals surface area contributed by atoms with Crippen molar-refractivity contribution in [3.8, 4) is 0 Å². The second kappa shape index (κ2) is 5.12. The number of hydrogen-bond acceptors (Lipinski definition) is 2. The lowest BCUT2D eigenvalue weighted by Gasteiger charge is -2.11. The Bertz CT molecular complexity index is 379. The first-order valence-corrected chi connectivity index (χ1v) is 5.45. The third-order valence-corrected chi connectivity index (χ3v) is 2.70. The van der Waals surface area contributed by atoms with Crippen molar-refractivity contribution in [1.29, 1.82) is 0 Å². The summed E-state index contributed by atoms with van der Waals surface area (Å²) in [6, 6.07) is 7.36. The van der Waals surface area contributed by atoms with Crippen LogP contribution in [-0.4, -0.2) is 24.8 Å². The Morgan fingerprint density at radius 1 is 1.27 bits per heavy atom. The predicted octanol–water partition coefficient (Wildman–Crippen LogP) is 3.10. The fourth-order valence-corrected chi connectivity index (χ4v) is 1.28. The fourth-order valence-electron chi connectivity index (χ4n) is 1.02. The molecule has 0 atom stereocenters. The molecule has 1 rings (SSSR count). The van der Waals surface area contributed by atoms with E-state index in [1.807, 2.05) is 50.2 Å². The number of allylic oxidation sites excluding steroid dienone is 2. The molecule has 1 aromatic rings. The van der Waals surface area contributed by atoms with Gasteiger partial charge in [0.25, 0.3) is 0 Å². The van der Waals surface area contributed by atoms with Gasteiger partial charge in [-0.05, 0) is 31.2 Å². The third-order valence-electron chi connectivity index (χ3n) is 2.17. The molecule has 0 fully saturated rings. The quantitative estimate of drug-likeness (QED) is 0.620. The standard InChI is InChI=1S/C12H14BrNO/c1-9(14(2)3)8-12(15)10-4-6-11(13)7-5-10/h4-8H,1-3H3/b9-8+. The highest BCUT2D eigenvalue weighted by Gasteiger charge is 2.03. The van der Waals surface area contributed by atoms with Crippen molar-refractivity contribution in [3.63, 3.8) is 0 Å². The highest BCUT2D eigenvalue weighted by atomic mass is 79.9. The van der Waals surface area contributed by atoms with Gasteiger partial charge in [-0.2, -0.15) is 0 Å². The molecule has 1 aromatic carbocycles. The summed E-state index contributed by atoms with van der Waals surface area (Å²) >= 11 is 3.33. The second-order valence-corrected chi connectivity index (χ2v) is 4.47. The number of carbonyl (C=O) groups is 1. The average molecular weight is 268 g/mol. The van der Waals surface area contributed by atoms with E-state index < -0.39 is 0 Å². The molecular formula is C12H14BrNO. The van der Waals surface area contributed by atoms with Gasteiger partial charge in [0, 0.05) is 35.9 Å². The van der Waals surface area contributed by atoms with E-state index in [4.69, 9.17) is 0 Å². The lowest BCUT2D eigenvalue weighted by atomic mass is 10.1. The first kappa shape index (κ1) is 12.0. The molecule has 0 N–H and O–H groups in total. The SMILES string of the molecule is C/C(=C\C(=O)c1ccc(Br)cc1)N(C)C. The van der Waals surface area contributed by atoms with E-state index in [0.717, 1.165) is 10.2 Å². The Hall–Kier alpha value is -1.09. The van der Waals surface area contributed by atoms with Gasteiger partial charge in [0.15, 0.2) is 5.78 Å². The molecule has 0 bridgehead atoms. The van der Waals surface area contributed by atoms with Crippen LogP contribution in [0.25, 0.3) is 0 Å². The molecule has 0 aliphatic carbocycles. The van der Waals surface area contributed by atoms with Crippen LogP contribution < -0.4 is 0 Å². The molecule has 0 aromatic heterocycles. The van der Waals surface area contributed by atoms with E-state index in [0.29, 0.717) is 5.56 Å². The van der Waals surface area contributed by atoms with Crippen molar-refractivity contribution in [1.82, 2.24) is 4.90 Å². The maximum absolute atomic E-state index is 11.8. The monoisotopic (exact) mass is 267 g/mol. The molecule has 2 nitrogen and oxygen atoms in total. The molecule has 0 aliphatic rings. The van der Waals surface area contributed by atoms with Crippen molar-refractivity contribution in [3.05, 3.63) is 46.1 Å². The molecule has 0 heterocycles. The Labute approximate surface area is 98.7 Å². The third kappa shape index (κ3) is 3.51. The summed E-state index contributed by atoms with van der Waals surface area (Å²) in [4.78, 5) is 13.7. The minimum atomic E-state index is 0.0358.